The molecule has 148 valence electrons. The number of carbonyl (C=O) groups excluding carboxylic acids is 3. The van der Waals surface area contributed by atoms with Crippen molar-refractivity contribution in [2.75, 3.05) is 13.1 Å². The zero-order chi connectivity index (χ0) is 19.9. The molecule has 2 aromatic heterocycles. The maximum atomic E-state index is 13.2. The van der Waals surface area contributed by atoms with Crippen molar-refractivity contribution in [3.8, 4) is 0 Å². The summed E-state index contributed by atoms with van der Waals surface area (Å²) in [6, 6.07) is 5.48. The Balaban J connectivity index is 1.59. The van der Waals surface area contributed by atoms with Crippen LogP contribution < -0.4 is 5.32 Å². The Morgan fingerprint density at radius 3 is 2.64 bits per heavy atom. The van der Waals surface area contributed by atoms with Gasteiger partial charge in [0.2, 0.25) is 5.91 Å². The van der Waals surface area contributed by atoms with Crippen LogP contribution in [0.5, 0.6) is 0 Å². The molecule has 2 aliphatic rings. The van der Waals surface area contributed by atoms with Crippen molar-refractivity contribution in [3.63, 3.8) is 0 Å². The Morgan fingerprint density at radius 1 is 1.21 bits per heavy atom. The highest BCUT2D eigenvalue weighted by Crippen LogP contribution is 2.39. The van der Waals surface area contributed by atoms with E-state index in [2.05, 4.69) is 16.8 Å². The van der Waals surface area contributed by atoms with Gasteiger partial charge in [-0.25, -0.2) is 4.79 Å². The van der Waals surface area contributed by atoms with Gasteiger partial charge in [-0.1, -0.05) is 19.9 Å². The Bertz CT molecular complexity index is 902. The summed E-state index contributed by atoms with van der Waals surface area (Å²) >= 11 is 3.34. The van der Waals surface area contributed by atoms with E-state index >= 15 is 0 Å². The standard InChI is InChI=1S/C20H23N3O3S2/c1-3-20(4-2)18(25)23(19(26)21-20)12-16(24)22-9-7-14-13(8-11-28-14)17(22)15-6-5-10-27-15/h5-6,8,10-11,17H,3-4,7,9,12H2,1-2H3,(H,21,26). The van der Waals surface area contributed by atoms with Crippen molar-refractivity contribution in [1.29, 1.82) is 0 Å². The summed E-state index contributed by atoms with van der Waals surface area (Å²) < 4.78 is 0. The first kappa shape index (κ1) is 19.1. The van der Waals surface area contributed by atoms with Gasteiger partial charge in [0.25, 0.3) is 5.91 Å². The molecule has 0 spiro atoms. The number of urea groups is 1. The molecule has 4 rings (SSSR count). The second-order valence-corrected chi connectivity index (χ2v) is 9.14. The van der Waals surface area contributed by atoms with Crippen LogP contribution in [0.2, 0.25) is 0 Å². The molecule has 2 aliphatic heterocycles. The molecule has 1 fully saturated rings. The van der Waals surface area contributed by atoms with Gasteiger partial charge in [0, 0.05) is 16.3 Å². The number of amides is 4. The van der Waals surface area contributed by atoms with Gasteiger partial charge in [0.05, 0.1) is 6.04 Å². The Hall–Kier alpha value is -2.19. The fourth-order valence-electron chi connectivity index (χ4n) is 4.11. The third-order valence-electron chi connectivity index (χ3n) is 5.85. The van der Waals surface area contributed by atoms with E-state index in [1.165, 1.54) is 4.88 Å². The summed E-state index contributed by atoms with van der Waals surface area (Å²) in [5.41, 5.74) is 0.271. The molecule has 0 aliphatic carbocycles. The van der Waals surface area contributed by atoms with Gasteiger partial charge in [-0.3, -0.25) is 14.5 Å². The van der Waals surface area contributed by atoms with Crippen LogP contribution in [0.15, 0.2) is 29.0 Å². The predicted molar refractivity (Wildman–Crippen MR) is 109 cm³/mol. The largest absolute Gasteiger partial charge is 0.329 e. The number of fused-ring (bicyclic) bond motifs is 1. The summed E-state index contributed by atoms with van der Waals surface area (Å²) in [6.07, 6.45) is 1.83. The van der Waals surface area contributed by atoms with Gasteiger partial charge >= 0.3 is 6.03 Å². The first-order valence-corrected chi connectivity index (χ1v) is 11.3. The maximum Gasteiger partial charge on any atom is 0.325 e. The zero-order valence-corrected chi connectivity index (χ0v) is 17.6. The van der Waals surface area contributed by atoms with Crippen molar-refractivity contribution >= 4 is 40.5 Å². The fraction of sp³-hybridized carbons (Fsp3) is 0.450. The van der Waals surface area contributed by atoms with Crippen LogP contribution in [0, 0.1) is 0 Å². The van der Waals surface area contributed by atoms with E-state index in [9.17, 15) is 14.4 Å². The van der Waals surface area contributed by atoms with Gasteiger partial charge in [0.15, 0.2) is 0 Å². The number of carbonyl (C=O) groups is 3. The SMILES string of the molecule is CCC1(CC)NC(=O)N(CC(=O)N2CCc3sccc3C2c2cccs2)C1=O. The minimum absolute atomic E-state index is 0.148. The van der Waals surface area contributed by atoms with E-state index in [1.807, 2.05) is 36.3 Å². The number of hydrogen-bond acceptors (Lipinski definition) is 5. The van der Waals surface area contributed by atoms with Crippen LogP contribution in [-0.2, 0) is 16.0 Å². The van der Waals surface area contributed by atoms with E-state index in [1.54, 1.807) is 22.7 Å². The molecule has 0 aromatic carbocycles. The lowest BCUT2D eigenvalue weighted by atomic mass is 9.93. The van der Waals surface area contributed by atoms with E-state index in [-0.39, 0.29) is 24.4 Å². The summed E-state index contributed by atoms with van der Waals surface area (Å²) in [5, 5.41) is 6.87. The van der Waals surface area contributed by atoms with Gasteiger partial charge in [-0.15, -0.1) is 22.7 Å². The van der Waals surface area contributed by atoms with E-state index in [0.29, 0.717) is 19.4 Å². The minimum atomic E-state index is -0.882. The van der Waals surface area contributed by atoms with E-state index in [0.717, 1.165) is 21.8 Å². The Kier molecular flexibility index (Phi) is 5.01. The molecule has 1 atom stereocenters. The smallest absolute Gasteiger partial charge is 0.325 e. The highest BCUT2D eigenvalue weighted by molar-refractivity contribution is 7.10. The van der Waals surface area contributed by atoms with Crippen molar-refractivity contribution in [2.24, 2.45) is 0 Å². The molecular formula is C20H23N3O3S2. The van der Waals surface area contributed by atoms with Crippen molar-refractivity contribution in [2.45, 2.75) is 44.7 Å². The van der Waals surface area contributed by atoms with Crippen LogP contribution in [-0.4, -0.2) is 46.3 Å². The van der Waals surface area contributed by atoms with Crippen LogP contribution in [0.3, 0.4) is 0 Å². The van der Waals surface area contributed by atoms with Crippen LogP contribution >= 0.6 is 22.7 Å². The molecule has 0 saturated carbocycles. The zero-order valence-electron chi connectivity index (χ0n) is 15.9. The van der Waals surface area contributed by atoms with Crippen LogP contribution in [0.1, 0.15) is 48.0 Å². The molecular weight excluding hydrogens is 394 g/mol. The highest BCUT2D eigenvalue weighted by atomic mass is 32.1. The van der Waals surface area contributed by atoms with Gasteiger partial charge in [-0.2, -0.15) is 0 Å². The number of rotatable bonds is 5. The van der Waals surface area contributed by atoms with Crippen molar-refractivity contribution in [1.82, 2.24) is 15.1 Å². The monoisotopic (exact) mass is 417 g/mol. The quantitative estimate of drug-likeness (QED) is 0.758. The third-order valence-corrected chi connectivity index (χ3v) is 7.77. The van der Waals surface area contributed by atoms with E-state index in [4.69, 9.17) is 0 Å². The average molecular weight is 418 g/mol. The highest BCUT2D eigenvalue weighted by Gasteiger charge is 2.49. The average Bonchev–Trinajstić information content (AvgIpc) is 3.43. The van der Waals surface area contributed by atoms with Gasteiger partial charge in [0.1, 0.15) is 12.1 Å². The molecule has 0 radical (unpaired) electrons. The number of nitrogens with one attached hydrogen (secondary N) is 1. The summed E-state index contributed by atoms with van der Waals surface area (Å²) in [5.74, 6) is -0.487. The van der Waals surface area contributed by atoms with E-state index < -0.39 is 11.6 Å². The Morgan fingerprint density at radius 2 is 2.00 bits per heavy atom. The summed E-state index contributed by atoms with van der Waals surface area (Å²) in [4.78, 5) is 43.8. The molecule has 1 N–H and O–H groups in total. The molecule has 6 nitrogen and oxygen atoms in total. The van der Waals surface area contributed by atoms with Crippen molar-refractivity contribution in [3.05, 3.63) is 44.3 Å². The minimum Gasteiger partial charge on any atom is -0.329 e. The maximum absolute atomic E-state index is 13.2. The lowest BCUT2D eigenvalue weighted by Gasteiger charge is -2.36. The summed E-state index contributed by atoms with van der Waals surface area (Å²) in [6.45, 7) is 4.13. The van der Waals surface area contributed by atoms with Gasteiger partial charge < -0.3 is 10.2 Å². The first-order valence-electron chi connectivity index (χ1n) is 9.54. The lowest BCUT2D eigenvalue weighted by Crippen LogP contribution is -2.48. The molecule has 28 heavy (non-hydrogen) atoms. The lowest BCUT2D eigenvalue weighted by molar-refractivity contribution is -0.140. The van der Waals surface area contributed by atoms with Gasteiger partial charge in [-0.05, 0) is 47.7 Å². The molecule has 1 unspecified atom stereocenters. The normalized spacial score (nSPS) is 21.0. The molecule has 0 bridgehead atoms. The topological polar surface area (TPSA) is 69.7 Å². The molecule has 2 aromatic rings. The van der Waals surface area contributed by atoms with Crippen LogP contribution in [0.25, 0.3) is 0 Å². The molecule has 4 heterocycles. The molecule has 1 saturated heterocycles. The summed E-state index contributed by atoms with van der Waals surface area (Å²) in [7, 11) is 0. The fourth-order valence-corrected chi connectivity index (χ4v) is 5.87. The number of nitrogens with zero attached hydrogens (tertiary/aromatic N) is 2. The number of hydrogen-bond donors (Lipinski definition) is 1. The first-order chi connectivity index (χ1) is 13.5. The molecule has 4 amide bonds. The predicted octanol–water partition coefficient (Wildman–Crippen LogP) is 3.39. The van der Waals surface area contributed by atoms with Crippen LogP contribution in [0.4, 0.5) is 4.79 Å². The Labute approximate surface area is 172 Å². The number of imide groups is 1. The second-order valence-electron chi connectivity index (χ2n) is 7.16. The second kappa shape index (κ2) is 7.33. The van der Waals surface area contributed by atoms with Crippen molar-refractivity contribution < 1.29 is 14.4 Å². The third kappa shape index (κ3) is 2.95. The number of thiophene rings is 2. The molecule has 8 heteroatoms.